The molecule has 32 heavy (non-hydrogen) atoms. The summed E-state index contributed by atoms with van der Waals surface area (Å²) in [6.07, 6.45) is 2.09. The summed E-state index contributed by atoms with van der Waals surface area (Å²) >= 11 is 10.9. The quantitative estimate of drug-likeness (QED) is 0.237. The number of hydrazone groups is 1. The van der Waals surface area contributed by atoms with Crippen LogP contribution < -0.4 is 10.2 Å². The summed E-state index contributed by atoms with van der Waals surface area (Å²) in [5.74, 6) is 2.84. The number of hydrogen-bond acceptors (Lipinski definition) is 5. The average Bonchev–Trinajstić information content (AvgIpc) is 3.19. The molecular weight excluding hydrogens is 572 g/mol. The number of amides is 1. The molecule has 0 unspecified atom stereocenters. The lowest BCUT2D eigenvalue weighted by atomic mass is 10.1. The van der Waals surface area contributed by atoms with Gasteiger partial charge in [-0.25, -0.2) is 5.43 Å². The van der Waals surface area contributed by atoms with Crippen molar-refractivity contribution < 1.29 is 9.53 Å². The van der Waals surface area contributed by atoms with Crippen LogP contribution in [0, 0.1) is 0 Å². The molecule has 0 aromatic heterocycles. The van der Waals surface area contributed by atoms with Crippen molar-refractivity contribution in [2.45, 2.75) is 24.0 Å². The van der Waals surface area contributed by atoms with Crippen LogP contribution in [0.5, 0.6) is 5.75 Å². The predicted octanol–water partition coefficient (Wildman–Crippen LogP) is 6.98. The van der Waals surface area contributed by atoms with E-state index >= 15 is 0 Å². The van der Waals surface area contributed by atoms with E-state index in [0.717, 1.165) is 37.3 Å². The maximum absolute atomic E-state index is 12.2. The van der Waals surface area contributed by atoms with Crippen molar-refractivity contribution in [1.82, 2.24) is 5.43 Å². The van der Waals surface area contributed by atoms with Gasteiger partial charge in [-0.3, -0.25) is 4.79 Å². The van der Waals surface area contributed by atoms with Crippen LogP contribution in [0.2, 0.25) is 0 Å². The van der Waals surface area contributed by atoms with Crippen LogP contribution in [-0.4, -0.2) is 27.7 Å². The highest BCUT2D eigenvalue weighted by Gasteiger charge is 2.32. The Morgan fingerprint density at radius 1 is 1.12 bits per heavy atom. The van der Waals surface area contributed by atoms with Gasteiger partial charge in [0.05, 0.1) is 25.7 Å². The molecule has 1 heterocycles. The molecule has 0 aliphatic carbocycles. The zero-order valence-corrected chi connectivity index (χ0v) is 22.2. The molecule has 0 atom stereocenters. The molecule has 3 aromatic rings. The number of benzene rings is 3. The topological polar surface area (TPSA) is 50.7 Å². The van der Waals surface area contributed by atoms with Gasteiger partial charge < -0.3 is 4.74 Å². The summed E-state index contributed by atoms with van der Waals surface area (Å²) in [6.45, 7) is 2.57. The fourth-order valence-corrected chi connectivity index (χ4v) is 7.81. The highest BCUT2D eigenvalue weighted by atomic mass is 79.9. The third-order valence-corrected chi connectivity index (χ3v) is 9.53. The standard InChI is InChI=1S/C24H22Br2N2O2S2/c1-24(31-9-10-32-24)13-22(29)28-27-14-16-11-20(25)23(21(26)12-16)30-15-18-7-4-6-17-5-2-3-8-19(17)18/h2-8,11-12,14H,9-10,13,15H2,1H3,(H,28,29)/b27-14-. The Bertz CT molecular complexity index is 1140. The van der Waals surface area contributed by atoms with Gasteiger partial charge in [-0.15, -0.1) is 23.5 Å². The number of halogens is 2. The molecule has 1 amide bonds. The molecule has 3 aromatic carbocycles. The van der Waals surface area contributed by atoms with Gasteiger partial charge in [-0.05, 0) is 72.8 Å². The minimum absolute atomic E-state index is 0.0469. The van der Waals surface area contributed by atoms with E-state index in [2.05, 4.69) is 73.6 Å². The van der Waals surface area contributed by atoms with Gasteiger partial charge in [-0.2, -0.15) is 5.10 Å². The van der Waals surface area contributed by atoms with Crippen LogP contribution >= 0.6 is 55.4 Å². The van der Waals surface area contributed by atoms with Gasteiger partial charge in [0.25, 0.3) is 0 Å². The highest BCUT2D eigenvalue weighted by Crippen LogP contribution is 2.45. The Labute approximate surface area is 213 Å². The minimum Gasteiger partial charge on any atom is -0.487 e. The Morgan fingerprint density at radius 2 is 1.81 bits per heavy atom. The van der Waals surface area contributed by atoms with E-state index < -0.39 is 0 Å². The van der Waals surface area contributed by atoms with Crippen LogP contribution in [0.25, 0.3) is 10.8 Å². The molecule has 0 bridgehead atoms. The third kappa shape index (κ3) is 5.90. The van der Waals surface area contributed by atoms with Crippen molar-refractivity contribution >= 4 is 78.3 Å². The van der Waals surface area contributed by atoms with E-state index in [0.29, 0.717) is 13.0 Å². The van der Waals surface area contributed by atoms with Gasteiger partial charge in [0.1, 0.15) is 12.4 Å². The van der Waals surface area contributed by atoms with Crippen LogP contribution in [-0.2, 0) is 11.4 Å². The molecule has 8 heteroatoms. The highest BCUT2D eigenvalue weighted by molar-refractivity contribution is 9.11. The number of nitrogens with one attached hydrogen (secondary N) is 1. The summed E-state index contributed by atoms with van der Waals surface area (Å²) in [5, 5.41) is 6.51. The van der Waals surface area contributed by atoms with Crippen LogP contribution in [0.4, 0.5) is 0 Å². The zero-order valence-electron chi connectivity index (χ0n) is 17.4. The second-order valence-electron chi connectivity index (χ2n) is 7.54. The summed E-state index contributed by atoms with van der Waals surface area (Å²) in [7, 11) is 0. The molecule has 1 saturated heterocycles. The summed E-state index contributed by atoms with van der Waals surface area (Å²) in [4.78, 5) is 12.2. The normalized spacial score (nSPS) is 15.3. The molecule has 0 spiro atoms. The Hall–Kier alpha value is -1.48. The van der Waals surface area contributed by atoms with Crippen LogP contribution in [0.15, 0.2) is 68.6 Å². The van der Waals surface area contributed by atoms with E-state index in [4.69, 9.17) is 4.74 Å². The maximum Gasteiger partial charge on any atom is 0.242 e. The number of nitrogens with zero attached hydrogens (tertiary/aromatic N) is 1. The summed E-state index contributed by atoms with van der Waals surface area (Å²) < 4.78 is 7.71. The SMILES string of the molecule is CC1(CC(=O)N/N=C\c2cc(Br)c(OCc3cccc4ccccc34)c(Br)c2)SCCS1. The van der Waals surface area contributed by atoms with E-state index in [9.17, 15) is 4.79 Å². The number of rotatable bonds is 7. The van der Waals surface area contributed by atoms with Crippen molar-refractivity contribution in [2.75, 3.05) is 11.5 Å². The third-order valence-electron chi connectivity index (χ3n) is 5.06. The fraction of sp³-hybridized carbons (Fsp3) is 0.250. The zero-order chi connectivity index (χ0) is 22.6. The molecule has 1 N–H and O–H groups in total. The number of carbonyl (C=O) groups is 1. The molecule has 1 aliphatic rings. The van der Waals surface area contributed by atoms with Gasteiger partial charge >= 0.3 is 0 Å². The minimum atomic E-state index is -0.0705. The number of carbonyl (C=O) groups excluding carboxylic acids is 1. The Kier molecular flexibility index (Phi) is 7.87. The van der Waals surface area contributed by atoms with Crippen molar-refractivity contribution in [3.63, 3.8) is 0 Å². The molecule has 0 saturated carbocycles. The monoisotopic (exact) mass is 592 g/mol. The fourth-order valence-electron chi connectivity index (χ4n) is 3.53. The molecule has 1 fully saturated rings. The van der Waals surface area contributed by atoms with Gasteiger partial charge in [0, 0.05) is 11.5 Å². The van der Waals surface area contributed by atoms with Crippen LogP contribution in [0.1, 0.15) is 24.5 Å². The second kappa shape index (κ2) is 10.6. The van der Waals surface area contributed by atoms with Gasteiger partial charge in [0.2, 0.25) is 5.91 Å². The maximum atomic E-state index is 12.2. The first-order valence-electron chi connectivity index (χ1n) is 10.1. The van der Waals surface area contributed by atoms with Gasteiger partial charge in [-0.1, -0.05) is 42.5 Å². The van der Waals surface area contributed by atoms with E-state index in [1.54, 1.807) is 6.21 Å². The summed E-state index contributed by atoms with van der Waals surface area (Å²) in [6, 6.07) is 18.3. The van der Waals surface area contributed by atoms with E-state index in [1.165, 1.54) is 10.8 Å². The predicted molar refractivity (Wildman–Crippen MR) is 144 cm³/mol. The number of ether oxygens (including phenoxy) is 1. The molecular formula is C24H22Br2N2O2S2. The lowest BCUT2D eigenvalue weighted by Gasteiger charge is -2.19. The lowest BCUT2D eigenvalue weighted by molar-refractivity contribution is -0.121. The summed E-state index contributed by atoms with van der Waals surface area (Å²) in [5.41, 5.74) is 4.61. The molecule has 166 valence electrons. The number of hydrogen-bond donors (Lipinski definition) is 1. The van der Waals surface area contributed by atoms with Crippen molar-refractivity contribution in [1.29, 1.82) is 0 Å². The van der Waals surface area contributed by atoms with Crippen molar-refractivity contribution in [2.24, 2.45) is 5.10 Å². The Balaban J connectivity index is 1.39. The molecule has 1 aliphatic heterocycles. The van der Waals surface area contributed by atoms with E-state index in [1.807, 2.05) is 53.9 Å². The average molecular weight is 594 g/mol. The van der Waals surface area contributed by atoms with Crippen LogP contribution in [0.3, 0.4) is 0 Å². The largest absolute Gasteiger partial charge is 0.487 e. The van der Waals surface area contributed by atoms with Gasteiger partial charge in [0.15, 0.2) is 0 Å². The number of fused-ring (bicyclic) bond motifs is 1. The second-order valence-corrected chi connectivity index (χ2v) is 12.7. The van der Waals surface area contributed by atoms with Crippen molar-refractivity contribution in [3.8, 4) is 5.75 Å². The Morgan fingerprint density at radius 3 is 2.56 bits per heavy atom. The van der Waals surface area contributed by atoms with E-state index in [-0.39, 0.29) is 9.99 Å². The molecule has 4 nitrogen and oxygen atoms in total. The molecule has 0 radical (unpaired) electrons. The first-order valence-corrected chi connectivity index (χ1v) is 13.7. The number of thioether (sulfide) groups is 2. The lowest BCUT2D eigenvalue weighted by Crippen LogP contribution is -2.26. The smallest absolute Gasteiger partial charge is 0.242 e. The first kappa shape index (κ1) is 23.7. The van der Waals surface area contributed by atoms with Crippen molar-refractivity contribution in [3.05, 3.63) is 74.7 Å². The first-order chi connectivity index (χ1) is 15.4. The molecule has 4 rings (SSSR count).